The lowest BCUT2D eigenvalue weighted by atomic mass is 10.1. The van der Waals surface area contributed by atoms with Gasteiger partial charge in [-0.2, -0.15) is 0 Å². The topological polar surface area (TPSA) is 38.0 Å². The van der Waals surface area contributed by atoms with Crippen molar-refractivity contribution in [3.63, 3.8) is 0 Å². The molecule has 1 unspecified atom stereocenters. The number of benzene rings is 1. The second kappa shape index (κ2) is 4.13. The molecule has 2 nitrogen and oxygen atoms in total. The molecule has 1 aromatic carbocycles. The van der Waals surface area contributed by atoms with Gasteiger partial charge in [0.25, 0.3) is 0 Å². The summed E-state index contributed by atoms with van der Waals surface area (Å²) < 4.78 is 26.7. The summed E-state index contributed by atoms with van der Waals surface area (Å²) in [6.07, 6.45) is 0. The maximum atomic E-state index is 13.3. The molecule has 1 atom stereocenters. The van der Waals surface area contributed by atoms with Gasteiger partial charge in [-0.25, -0.2) is 8.78 Å². The van der Waals surface area contributed by atoms with Gasteiger partial charge in [-0.05, 0) is 35.0 Å². The van der Waals surface area contributed by atoms with E-state index in [2.05, 4.69) is 21.4 Å². The Morgan fingerprint density at radius 1 is 1.46 bits per heavy atom. The first-order chi connectivity index (χ1) is 6.07. The lowest BCUT2D eigenvalue weighted by molar-refractivity contribution is 0.493. The molecule has 0 amide bonds. The van der Waals surface area contributed by atoms with E-state index in [1.165, 1.54) is 12.1 Å². The molecule has 5 heteroatoms. The maximum absolute atomic E-state index is 13.3. The van der Waals surface area contributed by atoms with Gasteiger partial charge in [0.1, 0.15) is 11.6 Å². The molecule has 72 valence electrons. The van der Waals surface area contributed by atoms with Gasteiger partial charge in [-0.15, -0.1) is 0 Å². The van der Waals surface area contributed by atoms with Crippen LogP contribution in [0.1, 0.15) is 18.5 Å². The van der Waals surface area contributed by atoms with Gasteiger partial charge in [-0.1, -0.05) is 0 Å². The van der Waals surface area contributed by atoms with Crippen LogP contribution in [0.5, 0.6) is 0 Å². The third kappa shape index (κ3) is 2.04. The molecule has 13 heavy (non-hydrogen) atoms. The maximum Gasteiger partial charge on any atom is 0.145 e. The Labute approximate surface area is 83.2 Å². The van der Waals surface area contributed by atoms with E-state index in [0.717, 1.165) is 0 Å². The van der Waals surface area contributed by atoms with Crippen LogP contribution in [-0.4, -0.2) is 0 Å². The minimum absolute atomic E-state index is 0.0584. The Morgan fingerprint density at radius 3 is 2.62 bits per heavy atom. The second-order valence-corrected chi connectivity index (χ2v) is 3.50. The van der Waals surface area contributed by atoms with Gasteiger partial charge < -0.3 is 0 Å². The molecule has 0 saturated heterocycles. The Balaban J connectivity index is 3.25. The Kier molecular flexibility index (Phi) is 3.35. The summed E-state index contributed by atoms with van der Waals surface area (Å²) >= 11 is 2.97. The predicted octanol–water partition coefficient (Wildman–Crippen LogP) is 2.25. The van der Waals surface area contributed by atoms with Crippen LogP contribution in [0, 0.1) is 11.6 Å². The molecular formula is C8H9BrF2N2. The molecular weight excluding hydrogens is 242 g/mol. The van der Waals surface area contributed by atoms with Crippen molar-refractivity contribution in [2.45, 2.75) is 13.0 Å². The fourth-order valence-corrected chi connectivity index (χ4v) is 1.37. The van der Waals surface area contributed by atoms with Crippen molar-refractivity contribution in [2.75, 3.05) is 0 Å². The van der Waals surface area contributed by atoms with Crippen LogP contribution in [0.15, 0.2) is 16.6 Å². The molecule has 0 aliphatic rings. The van der Waals surface area contributed by atoms with E-state index in [0.29, 0.717) is 0 Å². The summed E-state index contributed by atoms with van der Waals surface area (Å²) in [5.74, 6) is 3.87. The fraction of sp³-hybridized carbons (Fsp3) is 0.250. The summed E-state index contributed by atoms with van der Waals surface area (Å²) in [6, 6.07) is 1.95. The minimum atomic E-state index is -0.620. The Bertz CT molecular complexity index is 317. The molecule has 1 aromatic rings. The van der Waals surface area contributed by atoms with E-state index in [1.54, 1.807) is 6.92 Å². The van der Waals surface area contributed by atoms with E-state index in [4.69, 9.17) is 5.84 Å². The van der Waals surface area contributed by atoms with Crippen LogP contribution in [0.2, 0.25) is 0 Å². The van der Waals surface area contributed by atoms with E-state index in [1.807, 2.05) is 0 Å². The number of nitrogens with two attached hydrogens (primary N) is 1. The number of hydrogen-bond acceptors (Lipinski definition) is 2. The predicted molar refractivity (Wildman–Crippen MR) is 49.8 cm³/mol. The van der Waals surface area contributed by atoms with Crippen molar-refractivity contribution in [2.24, 2.45) is 5.84 Å². The summed E-state index contributed by atoms with van der Waals surface area (Å²) in [5, 5.41) is 0. The summed E-state index contributed by atoms with van der Waals surface area (Å²) in [7, 11) is 0. The molecule has 0 aliphatic carbocycles. The highest BCUT2D eigenvalue weighted by atomic mass is 79.9. The number of nitrogens with one attached hydrogen (secondary N) is 1. The molecule has 0 aliphatic heterocycles. The van der Waals surface area contributed by atoms with Crippen molar-refractivity contribution in [1.82, 2.24) is 5.43 Å². The van der Waals surface area contributed by atoms with Gasteiger partial charge in [-0.3, -0.25) is 11.3 Å². The largest absolute Gasteiger partial charge is 0.271 e. The standard InChI is InChI=1S/C8H9BrF2N2/c1-4(13-12)7-6(10)3-2-5(9)8(7)11/h2-4,13H,12H2,1H3. The van der Waals surface area contributed by atoms with Gasteiger partial charge in [0.2, 0.25) is 0 Å². The van der Waals surface area contributed by atoms with Crippen LogP contribution in [0.3, 0.4) is 0 Å². The molecule has 0 fully saturated rings. The number of halogens is 3. The second-order valence-electron chi connectivity index (χ2n) is 2.65. The zero-order valence-electron chi connectivity index (χ0n) is 6.94. The van der Waals surface area contributed by atoms with Crippen LogP contribution < -0.4 is 11.3 Å². The summed E-state index contributed by atoms with van der Waals surface area (Å²) in [6.45, 7) is 1.58. The Hall–Kier alpha value is -0.520. The highest BCUT2D eigenvalue weighted by Gasteiger charge is 2.16. The van der Waals surface area contributed by atoms with Crippen molar-refractivity contribution in [1.29, 1.82) is 0 Å². The number of rotatable bonds is 2. The normalized spacial score (nSPS) is 13.0. The van der Waals surface area contributed by atoms with Gasteiger partial charge in [0.05, 0.1) is 4.47 Å². The molecule has 0 aromatic heterocycles. The van der Waals surface area contributed by atoms with Crippen LogP contribution >= 0.6 is 15.9 Å². The zero-order valence-corrected chi connectivity index (χ0v) is 8.53. The molecule has 3 N–H and O–H groups in total. The van der Waals surface area contributed by atoms with Crippen molar-refractivity contribution >= 4 is 15.9 Å². The van der Waals surface area contributed by atoms with Gasteiger partial charge >= 0.3 is 0 Å². The zero-order chi connectivity index (χ0) is 10.0. The average molecular weight is 251 g/mol. The van der Waals surface area contributed by atoms with Crippen molar-refractivity contribution in [3.8, 4) is 0 Å². The smallest absolute Gasteiger partial charge is 0.145 e. The SMILES string of the molecule is CC(NN)c1c(F)ccc(Br)c1F. The van der Waals surface area contributed by atoms with E-state index < -0.39 is 17.7 Å². The highest BCUT2D eigenvalue weighted by Crippen LogP contribution is 2.25. The molecule has 0 bridgehead atoms. The first-order valence-electron chi connectivity index (χ1n) is 3.67. The van der Waals surface area contributed by atoms with Crippen molar-refractivity contribution < 1.29 is 8.78 Å². The first-order valence-corrected chi connectivity index (χ1v) is 4.46. The average Bonchev–Trinajstić information content (AvgIpc) is 2.12. The van der Waals surface area contributed by atoms with E-state index in [-0.39, 0.29) is 10.0 Å². The van der Waals surface area contributed by atoms with Gasteiger partial charge in [0.15, 0.2) is 0 Å². The highest BCUT2D eigenvalue weighted by molar-refractivity contribution is 9.10. The minimum Gasteiger partial charge on any atom is -0.271 e. The molecule has 1 rings (SSSR count). The molecule has 0 radical (unpaired) electrons. The third-order valence-electron chi connectivity index (χ3n) is 1.76. The lowest BCUT2D eigenvalue weighted by Gasteiger charge is -2.12. The first kappa shape index (κ1) is 10.6. The van der Waals surface area contributed by atoms with Crippen LogP contribution in [-0.2, 0) is 0 Å². The Morgan fingerprint density at radius 2 is 2.08 bits per heavy atom. The summed E-state index contributed by atoms with van der Waals surface area (Å²) in [5.41, 5.74) is 2.23. The van der Waals surface area contributed by atoms with Crippen LogP contribution in [0.4, 0.5) is 8.78 Å². The third-order valence-corrected chi connectivity index (χ3v) is 2.37. The molecule has 0 saturated carbocycles. The fourth-order valence-electron chi connectivity index (χ4n) is 1.02. The van der Waals surface area contributed by atoms with Gasteiger partial charge in [0, 0.05) is 11.6 Å². The lowest BCUT2D eigenvalue weighted by Crippen LogP contribution is -2.27. The van der Waals surface area contributed by atoms with E-state index >= 15 is 0 Å². The summed E-state index contributed by atoms with van der Waals surface area (Å²) in [4.78, 5) is 0. The van der Waals surface area contributed by atoms with Crippen molar-refractivity contribution in [3.05, 3.63) is 33.8 Å². The number of hydrogen-bond donors (Lipinski definition) is 2. The molecule has 0 spiro atoms. The van der Waals surface area contributed by atoms with E-state index in [9.17, 15) is 8.78 Å². The van der Waals surface area contributed by atoms with Crippen LogP contribution in [0.25, 0.3) is 0 Å². The number of hydrazine groups is 1. The molecule has 0 heterocycles. The quantitative estimate of drug-likeness (QED) is 0.480. The monoisotopic (exact) mass is 250 g/mol.